The molecular weight excluding hydrogens is 196 g/mol. The molecule has 2 aliphatic heterocycles. The smallest absolute Gasteiger partial charge is 0.0716 e. The van der Waals surface area contributed by atoms with Gasteiger partial charge in [0.25, 0.3) is 0 Å². The van der Waals surface area contributed by atoms with Gasteiger partial charge in [-0.15, -0.1) is 0 Å². The van der Waals surface area contributed by atoms with Gasteiger partial charge in [0.2, 0.25) is 0 Å². The van der Waals surface area contributed by atoms with E-state index in [1.807, 2.05) is 0 Å². The Kier molecular flexibility index (Phi) is 3.11. The Labute approximate surface area is 101 Å². The highest BCUT2D eigenvalue weighted by Gasteiger charge is 2.58. The van der Waals surface area contributed by atoms with E-state index in [9.17, 15) is 0 Å². The van der Waals surface area contributed by atoms with Crippen LogP contribution in [-0.4, -0.2) is 11.7 Å². The van der Waals surface area contributed by atoms with E-state index < -0.39 is 0 Å². The molecule has 2 bridgehead atoms. The first-order chi connectivity index (χ1) is 7.37. The maximum atomic E-state index is 6.47. The van der Waals surface area contributed by atoms with Crippen molar-refractivity contribution in [2.75, 3.05) is 0 Å². The first-order valence-corrected chi connectivity index (χ1v) is 7.05. The lowest BCUT2D eigenvalue weighted by atomic mass is 9.65. The molecule has 0 saturated carbocycles. The summed E-state index contributed by atoms with van der Waals surface area (Å²) in [5.74, 6) is 3.80. The van der Waals surface area contributed by atoms with Gasteiger partial charge >= 0.3 is 0 Å². The van der Waals surface area contributed by atoms with Crippen LogP contribution < -0.4 is 0 Å². The molecule has 0 spiro atoms. The fourth-order valence-electron chi connectivity index (χ4n) is 3.81. The summed E-state index contributed by atoms with van der Waals surface area (Å²) < 4.78 is 6.47. The van der Waals surface area contributed by atoms with E-state index >= 15 is 0 Å². The van der Waals surface area contributed by atoms with Gasteiger partial charge in [0, 0.05) is 0 Å². The predicted octanol–water partition coefficient (Wildman–Crippen LogP) is 4.12. The molecule has 0 aromatic heterocycles. The standard InChI is InChI=1S/C15H28O/c1-9(2)12-7-15(11(5)6)8-13(10(3)4)14(12)16-15/h9-14H,7-8H2,1-6H3. The van der Waals surface area contributed by atoms with Crippen molar-refractivity contribution in [3.63, 3.8) is 0 Å². The van der Waals surface area contributed by atoms with Crippen LogP contribution in [0.25, 0.3) is 0 Å². The molecule has 0 aliphatic carbocycles. The van der Waals surface area contributed by atoms with Gasteiger partial charge in [-0.25, -0.2) is 0 Å². The van der Waals surface area contributed by atoms with E-state index in [4.69, 9.17) is 4.74 Å². The fourth-order valence-corrected chi connectivity index (χ4v) is 3.81. The van der Waals surface area contributed by atoms with Crippen LogP contribution in [0, 0.1) is 29.6 Å². The molecule has 0 N–H and O–H groups in total. The lowest BCUT2D eigenvalue weighted by molar-refractivity contribution is -0.0272. The van der Waals surface area contributed by atoms with Crippen LogP contribution >= 0.6 is 0 Å². The molecule has 1 heteroatoms. The van der Waals surface area contributed by atoms with Crippen LogP contribution in [0.5, 0.6) is 0 Å². The third-order valence-corrected chi connectivity index (χ3v) is 5.14. The molecule has 0 amide bonds. The zero-order valence-electron chi connectivity index (χ0n) is 11.8. The van der Waals surface area contributed by atoms with E-state index in [1.54, 1.807) is 0 Å². The molecule has 0 aromatic rings. The maximum absolute atomic E-state index is 6.47. The van der Waals surface area contributed by atoms with Crippen molar-refractivity contribution in [1.29, 1.82) is 0 Å². The Morgan fingerprint density at radius 3 is 1.56 bits per heavy atom. The number of hydrogen-bond donors (Lipinski definition) is 0. The summed E-state index contributed by atoms with van der Waals surface area (Å²) in [4.78, 5) is 0. The van der Waals surface area contributed by atoms with Crippen molar-refractivity contribution in [1.82, 2.24) is 0 Å². The van der Waals surface area contributed by atoms with E-state index in [2.05, 4.69) is 41.5 Å². The van der Waals surface area contributed by atoms with Gasteiger partial charge in [0.05, 0.1) is 11.7 Å². The van der Waals surface area contributed by atoms with Crippen LogP contribution in [0.4, 0.5) is 0 Å². The molecule has 1 nitrogen and oxygen atoms in total. The Hall–Kier alpha value is -0.0400. The molecule has 2 atom stereocenters. The minimum absolute atomic E-state index is 0.217. The van der Waals surface area contributed by atoms with Crippen LogP contribution in [-0.2, 0) is 4.74 Å². The summed E-state index contributed by atoms with van der Waals surface area (Å²) in [5, 5.41) is 0. The summed E-state index contributed by atoms with van der Waals surface area (Å²) >= 11 is 0. The Balaban J connectivity index is 2.22. The quantitative estimate of drug-likeness (QED) is 0.700. The van der Waals surface area contributed by atoms with Gasteiger partial charge < -0.3 is 4.74 Å². The minimum Gasteiger partial charge on any atom is -0.371 e. The largest absolute Gasteiger partial charge is 0.371 e. The molecule has 2 rings (SSSR count). The molecule has 2 aliphatic rings. The highest BCUT2D eigenvalue weighted by molar-refractivity contribution is 5.07. The van der Waals surface area contributed by atoms with E-state index in [0.29, 0.717) is 12.0 Å². The minimum atomic E-state index is 0.217. The van der Waals surface area contributed by atoms with Crippen LogP contribution in [0.2, 0.25) is 0 Å². The summed E-state index contributed by atoms with van der Waals surface area (Å²) in [6, 6.07) is 0. The number of ether oxygens (including phenoxy) is 1. The monoisotopic (exact) mass is 224 g/mol. The Bertz CT molecular complexity index is 236. The van der Waals surface area contributed by atoms with E-state index in [-0.39, 0.29) is 5.60 Å². The second-order valence-electron chi connectivity index (χ2n) is 7.03. The predicted molar refractivity (Wildman–Crippen MR) is 68.3 cm³/mol. The first kappa shape index (κ1) is 12.4. The zero-order chi connectivity index (χ0) is 12.1. The molecule has 94 valence electrons. The number of rotatable bonds is 3. The molecule has 0 aromatic carbocycles. The number of fused-ring (bicyclic) bond motifs is 2. The van der Waals surface area contributed by atoms with Gasteiger partial charge in [0.1, 0.15) is 0 Å². The second kappa shape index (κ2) is 4.01. The van der Waals surface area contributed by atoms with E-state index in [0.717, 1.165) is 23.7 Å². The Morgan fingerprint density at radius 2 is 1.31 bits per heavy atom. The summed E-state index contributed by atoms with van der Waals surface area (Å²) in [6.45, 7) is 14.1. The lowest BCUT2D eigenvalue weighted by Gasteiger charge is -2.36. The van der Waals surface area contributed by atoms with Gasteiger partial charge in [0.15, 0.2) is 0 Å². The lowest BCUT2D eigenvalue weighted by Crippen LogP contribution is -2.38. The fraction of sp³-hybridized carbons (Fsp3) is 1.00. The van der Waals surface area contributed by atoms with Gasteiger partial charge in [-0.3, -0.25) is 0 Å². The normalized spacial score (nSPS) is 42.9. The molecule has 0 radical (unpaired) electrons. The maximum Gasteiger partial charge on any atom is 0.0716 e. The number of hydrogen-bond acceptors (Lipinski definition) is 1. The van der Waals surface area contributed by atoms with Crippen molar-refractivity contribution in [3.05, 3.63) is 0 Å². The zero-order valence-corrected chi connectivity index (χ0v) is 11.8. The summed E-state index contributed by atoms with van der Waals surface area (Å²) in [6.07, 6.45) is 3.15. The highest BCUT2D eigenvalue weighted by atomic mass is 16.5. The summed E-state index contributed by atoms with van der Waals surface area (Å²) in [5.41, 5.74) is 0.217. The topological polar surface area (TPSA) is 9.23 Å². The van der Waals surface area contributed by atoms with Crippen molar-refractivity contribution >= 4 is 0 Å². The highest BCUT2D eigenvalue weighted by Crippen LogP contribution is 2.57. The van der Waals surface area contributed by atoms with Crippen LogP contribution in [0.15, 0.2) is 0 Å². The van der Waals surface area contributed by atoms with Crippen LogP contribution in [0.1, 0.15) is 54.4 Å². The summed E-state index contributed by atoms with van der Waals surface area (Å²) in [7, 11) is 0. The first-order valence-electron chi connectivity index (χ1n) is 7.05. The third kappa shape index (κ3) is 1.72. The van der Waals surface area contributed by atoms with Gasteiger partial charge in [-0.2, -0.15) is 0 Å². The molecule has 16 heavy (non-hydrogen) atoms. The van der Waals surface area contributed by atoms with Crippen molar-refractivity contribution in [2.45, 2.75) is 66.1 Å². The average Bonchev–Trinajstić information content (AvgIpc) is 2.72. The van der Waals surface area contributed by atoms with Crippen molar-refractivity contribution in [2.24, 2.45) is 29.6 Å². The van der Waals surface area contributed by atoms with E-state index in [1.165, 1.54) is 12.8 Å². The second-order valence-corrected chi connectivity index (χ2v) is 7.03. The van der Waals surface area contributed by atoms with Crippen LogP contribution in [0.3, 0.4) is 0 Å². The molecule has 2 heterocycles. The Morgan fingerprint density at radius 1 is 0.875 bits per heavy atom. The average molecular weight is 224 g/mol. The van der Waals surface area contributed by atoms with Gasteiger partial charge in [-0.1, -0.05) is 41.5 Å². The van der Waals surface area contributed by atoms with Crippen molar-refractivity contribution in [3.8, 4) is 0 Å². The molecule has 2 unspecified atom stereocenters. The third-order valence-electron chi connectivity index (χ3n) is 5.14. The van der Waals surface area contributed by atoms with Crippen molar-refractivity contribution < 1.29 is 4.74 Å². The molecule has 2 saturated heterocycles. The molecular formula is C15H28O. The molecule has 2 fully saturated rings. The SMILES string of the molecule is CC(C)C1CC2(C(C)C)CC(C(C)C)C1O2. The van der Waals surface area contributed by atoms with Gasteiger partial charge in [-0.05, 0) is 42.4 Å².